The maximum absolute atomic E-state index is 16.5. The first kappa shape index (κ1) is 30.3. The van der Waals surface area contributed by atoms with Crippen molar-refractivity contribution in [3.63, 3.8) is 0 Å². The number of benzene rings is 1. The van der Waals surface area contributed by atoms with Crippen LogP contribution in [0.3, 0.4) is 0 Å². The van der Waals surface area contributed by atoms with Crippen molar-refractivity contribution < 1.29 is 13.5 Å². The molecule has 1 aromatic carbocycles. The van der Waals surface area contributed by atoms with E-state index in [1.165, 1.54) is 13.0 Å². The van der Waals surface area contributed by atoms with Gasteiger partial charge in [-0.3, -0.25) is 0 Å². The number of hydrogen-bond acceptors (Lipinski definition) is 8. The van der Waals surface area contributed by atoms with Crippen molar-refractivity contribution in [1.29, 1.82) is 5.26 Å². The molecule has 2 aliphatic rings. The number of anilines is 1. The number of nitrogens with two attached hydrogens (primary N) is 2. The maximum Gasteiger partial charge on any atom is 0.226 e. The number of allylic oxidation sites excluding steroid dienone is 5. The number of halogens is 2. The Balaban J connectivity index is 0.00000205. The molecule has 10 heteroatoms. The van der Waals surface area contributed by atoms with Crippen LogP contribution < -0.4 is 16.4 Å². The van der Waals surface area contributed by atoms with E-state index >= 15 is 4.39 Å². The molecular formula is C29H36F2N6OS. The van der Waals surface area contributed by atoms with E-state index in [0.29, 0.717) is 36.4 Å². The number of nitriles is 1. The van der Waals surface area contributed by atoms with Gasteiger partial charge in [0.05, 0.1) is 28.7 Å². The fourth-order valence-electron chi connectivity index (χ4n) is 4.74. The quantitative estimate of drug-likeness (QED) is 0.300. The summed E-state index contributed by atoms with van der Waals surface area (Å²) in [5.74, 6) is -0.868. The fraction of sp³-hybridized carbons (Fsp3) is 0.414. The van der Waals surface area contributed by atoms with E-state index in [9.17, 15) is 9.65 Å². The van der Waals surface area contributed by atoms with Crippen LogP contribution in [-0.2, 0) is 18.0 Å². The highest BCUT2D eigenvalue weighted by Crippen LogP contribution is 2.43. The highest BCUT2D eigenvalue weighted by molar-refractivity contribution is 8.06. The molecule has 0 saturated carbocycles. The number of thioether (sulfide) groups is 1. The predicted molar refractivity (Wildman–Crippen MR) is 155 cm³/mol. The molecule has 0 aliphatic carbocycles. The first-order valence-corrected chi connectivity index (χ1v) is 13.8. The van der Waals surface area contributed by atoms with Gasteiger partial charge in [-0.05, 0) is 37.8 Å². The number of hydrogen-bond donors (Lipinski definition) is 2. The summed E-state index contributed by atoms with van der Waals surface area (Å²) in [6, 6.07) is 2.09. The van der Waals surface area contributed by atoms with Crippen LogP contribution in [0, 0.1) is 17.1 Å². The molecular weight excluding hydrogens is 518 g/mol. The summed E-state index contributed by atoms with van der Waals surface area (Å²) in [6.45, 7) is 14.6. The van der Waals surface area contributed by atoms with Crippen LogP contribution in [0.2, 0.25) is 0 Å². The zero-order valence-corrected chi connectivity index (χ0v) is 24.0. The predicted octanol–water partition coefficient (Wildman–Crippen LogP) is 6.36. The third-order valence-electron chi connectivity index (χ3n) is 6.46. The van der Waals surface area contributed by atoms with Crippen molar-refractivity contribution >= 4 is 34.2 Å². The molecule has 0 radical (unpaired) electrons. The Labute approximate surface area is 233 Å². The van der Waals surface area contributed by atoms with Crippen LogP contribution in [0.4, 0.5) is 14.7 Å². The van der Waals surface area contributed by atoms with Crippen LogP contribution in [0.25, 0.3) is 16.5 Å². The lowest BCUT2D eigenvalue weighted by atomic mass is 9.89. The van der Waals surface area contributed by atoms with E-state index < -0.39 is 11.6 Å². The van der Waals surface area contributed by atoms with E-state index in [-0.39, 0.29) is 50.9 Å². The van der Waals surface area contributed by atoms with Gasteiger partial charge in [-0.1, -0.05) is 51.3 Å². The van der Waals surface area contributed by atoms with Crippen molar-refractivity contribution in [2.24, 2.45) is 11.5 Å². The Morgan fingerprint density at radius 3 is 2.62 bits per heavy atom. The molecule has 208 valence electrons. The topological polar surface area (TPSA) is 114 Å². The highest BCUT2D eigenvalue weighted by atomic mass is 32.2. The first-order valence-electron chi connectivity index (χ1n) is 13.0. The molecule has 2 aromatic rings. The zero-order chi connectivity index (χ0) is 28.9. The Kier molecular flexibility index (Phi) is 9.88. The molecule has 4 rings (SSSR count). The van der Waals surface area contributed by atoms with E-state index in [1.807, 2.05) is 32.6 Å². The van der Waals surface area contributed by atoms with Crippen LogP contribution in [0.1, 0.15) is 64.2 Å². The fourth-order valence-corrected chi connectivity index (χ4v) is 5.48. The normalized spacial score (nSPS) is 19.8. The van der Waals surface area contributed by atoms with Crippen molar-refractivity contribution in [3.05, 3.63) is 68.8 Å². The highest BCUT2D eigenvalue weighted by Gasteiger charge is 2.33. The lowest BCUT2D eigenvalue weighted by Crippen LogP contribution is -2.39. The second kappa shape index (κ2) is 12.7. The molecule has 1 fully saturated rings. The Bertz CT molecular complexity index is 1410. The molecule has 0 bridgehead atoms. The van der Waals surface area contributed by atoms with Crippen molar-refractivity contribution in [2.75, 3.05) is 18.0 Å². The van der Waals surface area contributed by atoms with Crippen molar-refractivity contribution in [2.45, 2.75) is 66.2 Å². The van der Waals surface area contributed by atoms with Gasteiger partial charge in [-0.25, -0.2) is 18.7 Å². The minimum atomic E-state index is -0.646. The van der Waals surface area contributed by atoms with Gasteiger partial charge in [0.1, 0.15) is 17.4 Å². The summed E-state index contributed by atoms with van der Waals surface area (Å²) in [5, 5.41) is 10.8. The van der Waals surface area contributed by atoms with E-state index in [2.05, 4.69) is 22.6 Å². The lowest BCUT2D eigenvalue weighted by molar-refractivity contribution is 0.134. The molecule has 3 heterocycles. The number of nitrogens with zero attached hydrogens (tertiary/aromatic N) is 4. The Morgan fingerprint density at radius 1 is 1.36 bits per heavy atom. The van der Waals surface area contributed by atoms with Crippen LogP contribution >= 0.6 is 11.8 Å². The molecule has 1 unspecified atom stereocenters. The first-order chi connectivity index (χ1) is 18.6. The monoisotopic (exact) mass is 554 g/mol. The van der Waals surface area contributed by atoms with Crippen molar-refractivity contribution in [1.82, 2.24) is 9.97 Å². The molecule has 0 spiro atoms. The van der Waals surface area contributed by atoms with E-state index in [1.54, 1.807) is 12.3 Å². The third-order valence-corrected chi connectivity index (χ3v) is 7.33. The van der Waals surface area contributed by atoms with Gasteiger partial charge in [0, 0.05) is 41.3 Å². The van der Waals surface area contributed by atoms with Gasteiger partial charge in [-0.15, -0.1) is 0 Å². The van der Waals surface area contributed by atoms with Gasteiger partial charge in [0.2, 0.25) is 5.95 Å². The summed E-state index contributed by atoms with van der Waals surface area (Å²) in [4.78, 5) is 11.0. The van der Waals surface area contributed by atoms with Crippen LogP contribution in [0.15, 0.2) is 46.3 Å². The van der Waals surface area contributed by atoms with Gasteiger partial charge >= 0.3 is 0 Å². The standard InChI is InChI=1S/C27H30F2N6OS.C2H6/c1-5-7-16(17(10-30)25(21(28)6-2)37-15(3)31)22-20-13-36-12-19(20)18-11-33-26(34-24(18)23(22)29)35-9-8-27(4,32)14-35;1-2/h6-7,11H,3,5,8-9,12-14,31-32H2,1-2,4H3;1-2H3/b16-7-,21-6+,25-17+;. The van der Waals surface area contributed by atoms with Gasteiger partial charge in [0.25, 0.3) is 0 Å². The number of aromatic nitrogens is 2. The van der Waals surface area contributed by atoms with Crippen LogP contribution in [0.5, 0.6) is 0 Å². The average Bonchev–Trinajstić information content (AvgIpc) is 3.55. The molecule has 1 saturated heterocycles. The molecule has 39 heavy (non-hydrogen) atoms. The Hall–Kier alpha value is -3.26. The third kappa shape index (κ3) is 6.16. The van der Waals surface area contributed by atoms with E-state index in [0.717, 1.165) is 23.7 Å². The minimum absolute atomic E-state index is 0.0213. The largest absolute Gasteiger partial charge is 0.394 e. The number of fused-ring (bicyclic) bond motifs is 3. The second-order valence-electron chi connectivity index (χ2n) is 9.44. The maximum atomic E-state index is 16.5. The molecule has 1 aromatic heterocycles. The molecule has 0 amide bonds. The number of ether oxygens (including phenoxy) is 1. The summed E-state index contributed by atoms with van der Waals surface area (Å²) in [6.07, 6.45) is 5.81. The zero-order valence-electron chi connectivity index (χ0n) is 23.2. The second-order valence-corrected chi connectivity index (χ2v) is 10.6. The minimum Gasteiger partial charge on any atom is -0.394 e. The molecule has 1 atom stereocenters. The molecule has 4 N–H and O–H groups in total. The van der Waals surface area contributed by atoms with Gasteiger partial charge in [0.15, 0.2) is 5.82 Å². The lowest BCUT2D eigenvalue weighted by Gasteiger charge is -2.21. The van der Waals surface area contributed by atoms with Gasteiger partial charge in [-0.2, -0.15) is 5.26 Å². The number of rotatable bonds is 7. The SMILES string of the molecule is C=C(N)SC(=C(C#N)/C(=C/CC)c1c2c(c3cnc(N4CCC(C)(N)C4)nc3c1F)COC2)/C(F)=C\C.CC. The summed E-state index contributed by atoms with van der Waals surface area (Å²) < 4.78 is 37.2. The van der Waals surface area contributed by atoms with Gasteiger partial charge < -0.3 is 21.1 Å². The summed E-state index contributed by atoms with van der Waals surface area (Å²) in [5.41, 5.74) is 13.6. The van der Waals surface area contributed by atoms with Crippen molar-refractivity contribution in [3.8, 4) is 6.07 Å². The average molecular weight is 555 g/mol. The van der Waals surface area contributed by atoms with E-state index in [4.69, 9.17) is 16.2 Å². The molecule has 7 nitrogen and oxygen atoms in total. The summed E-state index contributed by atoms with van der Waals surface area (Å²) in [7, 11) is 0. The smallest absolute Gasteiger partial charge is 0.226 e. The Morgan fingerprint density at radius 2 is 2.05 bits per heavy atom. The summed E-state index contributed by atoms with van der Waals surface area (Å²) >= 11 is 0.834. The van der Waals surface area contributed by atoms with Crippen LogP contribution in [-0.4, -0.2) is 28.6 Å². The molecule has 2 aliphatic heterocycles.